The van der Waals surface area contributed by atoms with Crippen molar-refractivity contribution in [1.29, 1.82) is 0 Å². The highest BCUT2D eigenvalue weighted by Crippen LogP contribution is 2.36. The number of aromatic amines is 2. The van der Waals surface area contributed by atoms with Crippen molar-refractivity contribution in [2.24, 2.45) is 5.41 Å². The summed E-state index contributed by atoms with van der Waals surface area (Å²) in [5.41, 5.74) is 6.07. The van der Waals surface area contributed by atoms with Crippen LogP contribution in [-0.2, 0) is 4.79 Å². The van der Waals surface area contributed by atoms with Crippen molar-refractivity contribution in [3.8, 4) is 33.1 Å². The number of nitrogens with zero attached hydrogens (tertiary/aromatic N) is 4. The Labute approximate surface area is 234 Å². The second kappa shape index (κ2) is 9.80. The number of H-pyrrole nitrogens is 2. The van der Waals surface area contributed by atoms with Gasteiger partial charge in [0, 0.05) is 45.6 Å². The molecule has 3 N–H and O–H groups in total. The monoisotopic (exact) mass is 549 g/mol. The van der Waals surface area contributed by atoms with E-state index in [9.17, 15) is 9.59 Å². The van der Waals surface area contributed by atoms with Crippen LogP contribution in [0.25, 0.3) is 55.0 Å². The largest absolute Gasteiger partial charge is 0.338 e. The molecule has 200 valence electrons. The summed E-state index contributed by atoms with van der Waals surface area (Å²) in [6.45, 7) is 7.66. The van der Waals surface area contributed by atoms with Crippen LogP contribution in [0.3, 0.4) is 0 Å². The molecule has 0 fully saturated rings. The number of hydrogen-bond donors (Lipinski definition) is 3. The molecule has 9 nitrogen and oxygen atoms in total. The van der Waals surface area contributed by atoms with Crippen molar-refractivity contribution in [3.63, 3.8) is 0 Å². The molecule has 0 aliphatic rings. The highest BCUT2D eigenvalue weighted by atomic mass is 32.1. The first-order chi connectivity index (χ1) is 19.1. The summed E-state index contributed by atoms with van der Waals surface area (Å²) in [6, 6.07) is 11.7. The molecule has 0 saturated heterocycles. The molecule has 40 heavy (non-hydrogen) atoms. The van der Waals surface area contributed by atoms with Gasteiger partial charge in [-0.3, -0.25) is 24.7 Å². The third-order valence-corrected chi connectivity index (χ3v) is 7.68. The number of hydrogen-bond acceptors (Lipinski definition) is 7. The summed E-state index contributed by atoms with van der Waals surface area (Å²) in [6.07, 6.45) is 7.27. The molecule has 0 atom stereocenters. The molecule has 0 bridgehead atoms. The number of carbonyl (C=O) groups excluding carboxylic acids is 2. The maximum absolute atomic E-state index is 12.4. The Hall–Kier alpha value is -4.70. The number of carbonyl (C=O) groups is 2. The fraction of sp³-hybridized carbons (Fsp3) is 0.200. The van der Waals surface area contributed by atoms with Crippen LogP contribution in [0.15, 0.2) is 61.2 Å². The predicted molar refractivity (Wildman–Crippen MR) is 158 cm³/mol. The lowest BCUT2D eigenvalue weighted by Crippen LogP contribution is -2.19. The molecule has 6 aromatic rings. The zero-order valence-corrected chi connectivity index (χ0v) is 23.3. The quantitative estimate of drug-likeness (QED) is 0.194. The number of ketones is 1. The molecular formula is C30H27N7O2S. The molecule has 0 spiro atoms. The van der Waals surface area contributed by atoms with E-state index in [1.807, 2.05) is 57.2 Å². The van der Waals surface area contributed by atoms with Gasteiger partial charge in [-0.1, -0.05) is 20.8 Å². The summed E-state index contributed by atoms with van der Waals surface area (Å²) >= 11 is 1.47. The van der Waals surface area contributed by atoms with Crippen molar-refractivity contribution in [2.45, 2.75) is 34.1 Å². The van der Waals surface area contributed by atoms with Crippen molar-refractivity contribution in [2.75, 3.05) is 5.32 Å². The third-order valence-electron chi connectivity index (χ3n) is 6.46. The summed E-state index contributed by atoms with van der Waals surface area (Å²) in [4.78, 5) is 42.9. The lowest BCUT2D eigenvalue weighted by molar-refractivity contribution is -0.117. The zero-order valence-electron chi connectivity index (χ0n) is 22.5. The fourth-order valence-electron chi connectivity index (χ4n) is 4.66. The average molecular weight is 550 g/mol. The molecule has 6 heterocycles. The maximum atomic E-state index is 12.4. The average Bonchev–Trinajstić information content (AvgIpc) is 3.65. The van der Waals surface area contributed by atoms with Crippen LogP contribution >= 0.6 is 11.3 Å². The number of aromatic nitrogens is 6. The Morgan fingerprint density at radius 1 is 1.00 bits per heavy atom. The Morgan fingerprint density at radius 2 is 1.85 bits per heavy atom. The Balaban J connectivity index is 1.36. The van der Waals surface area contributed by atoms with Gasteiger partial charge in [-0.25, -0.2) is 4.98 Å². The highest BCUT2D eigenvalue weighted by molar-refractivity contribution is 7.17. The van der Waals surface area contributed by atoms with E-state index in [4.69, 9.17) is 0 Å². The van der Waals surface area contributed by atoms with Crippen molar-refractivity contribution < 1.29 is 9.59 Å². The number of rotatable bonds is 6. The molecule has 0 radical (unpaired) electrons. The van der Waals surface area contributed by atoms with E-state index >= 15 is 0 Å². The van der Waals surface area contributed by atoms with E-state index in [1.54, 1.807) is 31.7 Å². The third kappa shape index (κ3) is 5.01. The van der Waals surface area contributed by atoms with Crippen LogP contribution < -0.4 is 5.32 Å². The van der Waals surface area contributed by atoms with E-state index < -0.39 is 0 Å². The van der Waals surface area contributed by atoms with Gasteiger partial charge in [-0.05, 0) is 48.7 Å². The number of amides is 1. The highest BCUT2D eigenvalue weighted by Gasteiger charge is 2.18. The number of anilines is 1. The van der Waals surface area contributed by atoms with Gasteiger partial charge in [0.15, 0.2) is 5.78 Å². The zero-order chi connectivity index (χ0) is 28.0. The lowest BCUT2D eigenvalue weighted by atomic mass is 9.92. The van der Waals surface area contributed by atoms with E-state index in [0.29, 0.717) is 17.8 Å². The summed E-state index contributed by atoms with van der Waals surface area (Å²) in [5, 5.41) is 12.4. The first kappa shape index (κ1) is 25.6. The minimum atomic E-state index is -0.112. The van der Waals surface area contributed by atoms with Crippen LogP contribution in [0, 0.1) is 5.41 Å². The molecule has 0 aromatic carbocycles. The molecule has 0 aliphatic carbocycles. The Kier molecular flexibility index (Phi) is 6.26. The summed E-state index contributed by atoms with van der Waals surface area (Å²) < 4.78 is 0. The second-order valence-electron chi connectivity index (χ2n) is 11.0. The van der Waals surface area contributed by atoms with Gasteiger partial charge in [0.05, 0.1) is 39.9 Å². The molecule has 0 saturated carbocycles. The predicted octanol–water partition coefficient (Wildman–Crippen LogP) is 6.87. The SMILES string of the molecule is CC(=O)c1ccc(-c2ccnc3[nH]c(-c4n[nH]c5cnc(-c6cncc(NC(=O)CC(C)(C)C)c6)cc45)cc23)s1. The Bertz CT molecular complexity index is 1910. The van der Waals surface area contributed by atoms with Crippen molar-refractivity contribution in [1.82, 2.24) is 30.1 Å². The minimum absolute atomic E-state index is 0.0525. The van der Waals surface area contributed by atoms with E-state index in [0.717, 1.165) is 54.2 Å². The molecule has 10 heteroatoms. The van der Waals surface area contributed by atoms with Gasteiger partial charge in [0.2, 0.25) is 5.91 Å². The van der Waals surface area contributed by atoms with Gasteiger partial charge in [0.25, 0.3) is 0 Å². The van der Waals surface area contributed by atoms with Crippen LogP contribution in [0.1, 0.15) is 43.8 Å². The standard InChI is InChI=1S/C30H27N7O2S/c1-16(38)25-5-6-26(40-25)19-7-8-32-29-20(19)10-23(35-29)28-21-11-22(33-15-24(21)36-37-28)17-9-18(14-31-13-17)34-27(39)12-30(2,3)4/h5-11,13-15H,12H2,1-4H3,(H,32,35)(H,34,39)(H,36,37). The number of pyridine rings is 3. The normalized spacial score (nSPS) is 11.8. The molecule has 6 aromatic heterocycles. The van der Waals surface area contributed by atoms with E-state index in [2.05, 4.69) is 35.5 Å². The molecule has 0 aliphatic heterocycles. The first-order valence-electron chi connectivity index (χ1n) is 12.8. The summed E-state index contributed by atoms with van der Waals surface area (Å²) in [7, 11) is 0. The fourth-order valence-corrected chi connectivity index (χ4v) is 5.60. The smallest absolute Gasteiger partial charge is 0.224 e. The van der Waals surface area contributed by atoms with Crippen molar-refractivity contribution >= 4 is 50.7 Å². The lowest BCUT2D eigenvalue weighted by Gasteiger charge is -2.17. The Morgan fingerprint density at radius 3 is 2.62 bits per heavy atom. The number of Topliss-reactive ketones (excluding diaryl/α,β-unsaturated/α-hetero) is 1. The number of nitrogens with one attached hydrogen (secondary N) is 3. The van der Waals surface area contributed by atoms with Gasteiger partial charge in [-0.2, -0.15) is 5.10 Å². The minimum Gasteiger partial charge on any atom is -0.338 e. The molecular weight excluding hydrogens is 522 g/mol. The van der Waals surface area contributed by atoms with Gasteiger partial charge in [-0.15, -0.1) is 11.3 Å². The second-order valence-corrected chi connectivity index (χ2v) is 12.0. The molecule has 1 amide bonds. The molecule has 0 unspecified atom stereocenters. The van der Waals surface area contributed by atoms with Crippen LogP contribution in [0.2, 0.25) is 0 Å². The number of thiophene rings is 1. The topological polar surface area (TPSA) is 129 Å². The van der Waals surface area contributed by atoms with E-state index in [1.165, 1.54) is 11.3 Å². The van der Waals surface area contributed by atoms with E-state index in [-0.39, 0.29) is 17.1 Å². The maximum Gasteiger partial charge on any atom is 0.224 e. The van der Waals surface area contributed by atoms with Gasteiger partial charge >= 0.3 is 0 Å². The number of fused-ring (bicyclic) bond motifs is 2. The van der Waals surface area contributed by atoms with Crippen LogP contribution in [0.4, 0.5) is 5.69 Å². The van der Waals surface area contributed by atoms with Gasteiger partial charge < -0.3 is 10.3 Å². The molecule has 6 rings (SSSR count). The van der Waals surface area contributed by atoms with Crippen LogP contribution in [0.5, 0.6) is 0 Å². The summed E-state index contributed by atoms with van der Waals surface area (Å²) in [5.74, 6) is -0.00410. The van der Waals surface area contributed by atoms with Crippen molar-refractivity contribution in [3.05, 3.63) is 66.1 Å². The van der Waals surface area contributed by atoms with Gasteiger partial charge in [0.1, 0.15) is 11.3 Å². The van der Waals surface area contributed by atoms with Crippen LogP contribution in [-0.4, -0.2) is 41.8 Å². The first-order valence-corrected chi connectivity index (χ1v) is 13.6.